The van der Waals surface area contributed by atoms with Gasteiger partial charge in [-0.05, 0) is 37.8 Å². The number of rotatable bonds is 3. The van der Waals surface area contributed by atoms with Crippen LogP contribution in [0.4, 0.5) is 17.6 Å². The van der Waals surface area contributed by atoms with Gasteiger partial charge in [-0.15, -0.1) is 11.3 Å². The molecule has 0 amide bonds. The lowest BCUT2D eigenvalue weighted by Crippen LogP contribution is -2.45. The van der Waals surface area contributed by atoms with Crippen LogP contribution in [0.25, 0.3) is 0 Å². The second kappa shape index (κ2) is 5.77. The number of halogens is 4. The highest BCUT2D eigenvalue weighted by molar-refractivity contribution is 7.12. The van der Waals surface area contributed by atoms with E-state index in [4.69, 9.17) is 4.74 Å². The number of thiophene rings is 1. The molecule has 0 radical (unpaired) electrons. The molecular formula is C16H19F4NOS. The summed E-state index contributed by atoms with van der Waals surface area (Å²) in [4.78, 5) is 2.29. The van der Waals surface area contributed by atoms with Crippen molar-refractivity contribution in [2.45, 2.75) is 44.1 Å². The fraction of sp³-hybridized carbons (Fsp3) is 0.625. The van der Waals surface area contributed by atoms with E-state index >= 15 is 0 Å². The van der Waals surface area contributed by atoms with Crippen molar-refractivity contribution in [3.63, 3.8) is 0 Å². The van der Waals surface area contributed by atoms with Crippen LogP contribution < -0.4 is 0 Å². The first-order valence-corrected chi connectivity index (χ1v) is 8.42. The fourth-order valence-electron chi connectivity index (χ4n) is 3.31. The van der Waals surface area contributed by atoms with Gasteiger partial charge in [0.25, 0.3) is 0 Å². The van der Waals surface area contributed by atoms with Gasteiger partial charge in [-0.2, -0.15) is 8.78 Å². The van der Waals surface area contributed by atoms with Crippen LogP contribution in [0.1, 0.15) is 35.1 Å². The molecule has 7 heteroatoms. The summed E-state index contributed by atoms with van der Waals surface area (Å²) in [6.07, 6.45) is -1.87. The summed E-state index contributed by atoms with van der Waals surface area (Å²) in [5.74, 6) is -4.10. The Labute approximate surface area is 136 Å². The van der Waals surface area contributed by atoms with E-state index in [9.17, 15) is 17.6 Å². The number of fused-ring (bicyclic) bond motifs is 2. The van der Waals surface area contributed by atoms with Gasteiger partial charge in [-0.25, -0.2) is 8.78 Å². The molecule has 0 N–H and O–H groups in total. The number of alkyl halides is 4. The van der Waals surface area contributed by atoms with E-state index in [0.29, 0.717) is 30.7 Å². The Hall–Kier alpha value is -1.08. The van der Waals surface area contributed by atoms with E-state index in [1.807, 2.05) is 6.92 Å². The van der Waals surface area contributed by atoms with Crippen molar-refractivity contribution in [3.8, 4) is 0 Å². The van der Waals surface area contributed by atoms with Crippen LogP contribution in [-0.2, 0) is 22.7 Å². The van der Waals surface area contributed by atoms with E-state index in [-0.39, 0.29) is 0 Å². The summed E-state index contributed by atoms with van der Waals surface area (Å²) < 4.78 is 58.6. The van der Waals surface area contributed by atoms with Crippen molar-refractivity contribution in [2.75, 3.05) is 19.7 Å². The summed E-state index contributed by atoms with van der Waals surface area (Å²) in [5.41, 5.74) is 1.09. The predicted molar refractivity (Wildman–Crippen MR) is 81.2 cm³/mol. The monoisotopic (exact) mass is 349 g/mol. The molecule has 1 spiro atoms. The SMILES string of the molecule is C=C(C)N1CCC2(CC1)OCCc1cc(C(F)(F)C(F)F)sc12. The van der Waals surface area contributed by atoms with E-state index < -0.39 is 22.8 Å². The molecule has 2 nitrogen and oxygen atoms in total. The topological polar surface area (TPSA) is 12.5 Å². The minimum Gasteiger partial charge on any atom is -0.375 e. The molecule has 1 aromatic heterocycles. The van der Waals surface area contributed by atoms with Crippen LogP contribution in [0.2, 0.25) is 0 Å². The van der Waals surface area contributed by atoms with Gasteiger partial charge in [0.1, 0.15) is 5.60 Å². The summed E-state index contributed by atoms with van der Waals surface area (Å²) >= 11 is 0.790. The Morgan fingerprint density at radius 2 is 2.04 bits per heavy atom. The minimum absolute atomic E-state index is 0.441. The zero-order valence-electron chi connectivity index (χ0n) is 12.9. The van der Waals surface area contributed by atoms with E-state index in [1.165, 1.54) is 6.07 Å². The third-order valence-corrected chi connectivity index (χ3v) is 6.13. The maximum atomic E-state index is 13.7. The zero-order chi connectivity index (χ0) is 16.8. The first-order chi connectivity index (χ1) is 10.8. The van der Waals surface area contributed by atoms with Crippen molar-refractivity contribution in [1.82, 2.24) is 4.90 Å². The van der Waals surface area contributed by atoms with Crippen LogP contribution in [0.3, 0.4) is 0 Å². The van der Waals surface area contributed by atoms with E-state index in [2.05, 4.69) is 11.5 Å². The van der Waals surface area contributed by atoms with Crippen LogP contribution >= 0.6 is 11.3 Å². The number of hydrogen-bond acceptors (Lipinski definition) is 3. The van der Waals surface area contributed by atoms with Gasteiger partial charge in [0.05, 0.1) is 11.5 Å². The molecule has 1 aromatic rings. The molecule has 2 aliphatic rings. The zero-order valence-corrected chi connectivity index (χ0v) is 13.7. The van der Waals surface area contributed by atoms with Crippen LogP contribution in [0.15, 0.2) is 18.3 Å². The second-order valence-corrected chi connectivity index (χ2v) is 7.26. The summed E-state index contributed by atoms with van der Waals surface area (Å²) in [7, 11) is 0. The van der Waals surface area contributed by atoms with Crippen LogP contribution in [0, 0.1) is 0 Å². The summed E-state index contributed by atoms with van der Waals surface area (Å²) in [6.45, 7) is 7.75. The van der Waals surface area contributed by atoms with Crippen molar-refractivity contribution in [3.05, 3.63) is 33.7 Å². The normalized spacial score (nSPS) is 20.9. The molecule has 3 heterocycles. The average Bonchev–Trinajstić information content (AvgIpc) is 2.94. The number of nitrogens with zero attached hydrogens (tertiary/aromatic N) is 1. The van der Waals surface area contributed by atoms with Gasteiger partial charge in [0.2, 0.25) is 0 Å². The first-order valence-electron chi connectivity index (χ1n) is 7.60. The van der Waals surface area contributed by atoms with Gasteiger partial charge in [-0.1, -0.05) is 6.58 Å². The fourth-order valence-corrected chi connectivity index (χ4v) is 4.70. The molecule has 0 atom stereocenters. The molecule has 0 unspecified atom stereocenters. The molecule has 0 bridgehead atoms. The number of allylic oxidation sites excluding steroid dienone is 1. The van der Waals surface area contributed by atoms with Crippen molar-refractivity contribution >= 4 is 11.3 Å². The first kappa shape index (κ1) is 16.8. The maximum absolute atomic E-state index is 13.7. The Kier molecular flexibility index (Phi) is 4.21. The minimum atomic E-state index is -4.10. The van der Waals surface area contributed by atoms with Gasteiger partial charge in [-0.3, -0.25) is 0 Å². The largest absolute Gasteiger partial charge is 0.375 e. The molecule has 128 valence electrons. The van der Waals surface area contributed by atoms with E-state index in [1.54, 1.807) is 0 Å². The predicted octanol–water partition coefficient (Wildman–Crippen LogP) is 4.50. The lowest BCUT2D eigenvalue weighted by atomic mass is 9.85. The van der Waals surface area contributed by atoms with Gasteiger partial charge in [0.15, 0.2) is 0 Å². The Morgan fingerprint density at radius 1 is 1.39 bits per heavy atom. The van der Waals surface area contributed by atoms with Crippen LogP contribution in [0.5, 0.6) is 0 Å². The second-order valence-electron chi connectivity index (χ2n) is 6.20. The smallest absolute Gasteiger partial charge is 0.341 e. The molecule has 0 aromatic carbocycles. The van der Waals surface area contributed by atoms with E-state index in [0.717, 1.165) is 35.7 Å². The highest BCUT2D eigenvalue weighted by Gasteiger charge is 2.48. The third kappa shape index (κ3) is 2.78. The molecule has 1 fully saturated rings. The highest BCUT2D eigenvalue weighted by Crippen LogP contribution is 2.49. The molecule has 1 saturated heterocycles. The average molecular weight is 349 g/mol. The van der Waals surface area contributed by atoms with Crippen molar-refractivity contribution in [2.24, 2.45) is 0 Å². The molecule has 0 saturated carbocycles. The summed E-state index contributed by atoms with van der Waals surface area (Å²) in [6, 6.07) is 1.25. The number of piperidine rings is 1. The molecule has 2 aliphatic heterocycles. The Balaban J connectivity index is 1.92. The molecule has 23 heavy (non-hydrogen) atoms. The number of hydrogen-bond donors (Lipinski definition) is 0. The quantitative estimate of drug-likeness (QED) is 0.745. The standard InChI is InChI=1S/C16H19F4NOS/c1-10(2)21-6-4-15(5-7-21)13-11(3-8-22-15)9-12(23-13)16(19,20)14(17)18/h9,14H,1,3-8H2,2H3. The van der Waals surface area contributed by atoms with Crippen molar-refractivity contribution in [1.29, 1.82) is 0 Å². The number of ether oxygens (including phenoxy) is 1. The lowest BCUT2D eigenvalue weighted by molar-refractivity contribution is -0.132. The maximum Gasteiger partial charge on any atom is 0.341 e. The van der Waals surface area contributed by atoms with Gasteiger partial charge in [0, 0.05) is 23.7 Å². The molecule has 0 aliphatic carbocycles. The summed E-state index contributed by atoms with van der Waals surface area (Å²) in [5, 5.41) is 0. The van der Waals surface area contributed by atoms with Gasteiger partial charge < -0.3 is 9.64 Å². The Morgan fingerprint density at radius 3 is 2.61 bits per heavy atom. The lowest BCUT2D eigenvalue weighted by Gasteiger charge is -2.44. The molecular weight excluding hydrogens is 330 g/mol. The molecule has 3 rings (SSSR count). The Bertz CT molecular complexity index is 605. The third-order valence-electron chi connectivity index (χ3n) is 4.69. The van der Waals surface area contributed by atoms with Gasteiger partial charge >= 0.3 is 12.3 Å². The number of likely N-dealkylation sites (tertiary alicyclic amines) is 1. The van der Waals surface area contributed by atoms with Crippen LogP contribution in [-0.4, -0.2) is 31.0 Å². The highest BCUT2D eigenvalue weighted by atomic mass is 32.1. The van der Waals surface area contributed by atoms with Crippen molar-refractivity contribution < 1.29 is 22.3 Å².